The second-order valence-corrected chi connectivity index (χ2v) is 16.6. The average molecular weight is 644 g/mol. The minimum absolute atomic E-state index is 0.0160. The Morgan fingerprint density at radius 1 is 1.11 bits per heavy atom. The topological polar surface area (TPSA) is 99.2 Å². The average Bonchev–Trinajstić information content (AvgIpc) is 3.10. The molecular weight excluding hydrogens is 598 g/mol. The number of nitrogens with one attached hydrogen (secondary N) is 1. The number of halogens is 1. The molecule has 2 bridgehead atoms. The van der Waals surface area contributed by atoms with Gasteiger partial charge in [0.2, 0.25) is 10.0 Å². The molecule has 240 valence electrons. The summed E-state index contributed by atoms with van der Waals surface area (Å²) in [4.78, 5) is 17.9. The van der Waals surface area contributed by atoms with E-state index in [2.05, 4.69) is 26.7 Å². The largest absolute Gasteiger partial charge is 0.490 e. The number of anilines is 1. The van der Waals surface area contributed by atoms with Crippen LogP contribution < -0.4 is 14.4 Å². The van der Waals surface area contributed by atoms with Gasteiger partial charge in [-0.15, -0.1) is 0 Å². The van der Waals surface area contributed by atoms with E-state index in [4.69, 9.17) is 16.3 Å². The van der Waals surface area contributed by atoms with Gasteiger partial charge in [-0.05, 0) is 125 Å². The number of hydrogen-bond donors (Lipinski definition) is 2. The van der Waals surface area contributed by atoms with Gasteiger partial charge in [-0.2, -0.15) is 0 Å². The van der Waals surface area contributed by atoms with E-state index >= 15 is 0 Å². The Bertz CT molecular complexity index is 1520. The van der Waals surface area contributed by atoms with Crippen molar-refractivity contribution in [1.29, 1.82) is 0 Å². The Hall–Kier alpha value is -2.33. The maximum atomic E-state index is 13.5. The van der Waals surface area contributed by atoms with Gasteiger partial charge in [-0.25, -0.2) is 13.1 Å². The summed E-state index contributed by atoms with van der Waals surface area (Å²) >= 11 is 6.41. The van der Waals surface area contributed by atoms with E-state index in [0.29, 0.717) is 37.7 Å². The van der Waals surface area contributed by atoms with Crippen LogP contribution in [0.1, 0.15) is 73.9 Å². The third-order valence-electron chi connectivity index (χ3n) is 11.1. The first-order chi connectivity index (χ1) is 20.9. The lowest BCUT2D eigenvalue weighted by Gasteiger charge is -2.46. The van der Waals surface area contributed by atoms with E-state index in [1.807, 2.05) is 27.1 Å². The number of aliphatic hydroxyl groups is 1. The molecule has 1 spiro atoms. The zero-order valence-corrected chi connectivity index (χ0v) is 27.8. The molecule has 10 heteroatoms. The molecule has 2 aliphatic carbocycles. The number of carbonyl (C=O) groups is 1. The molecule has 2 N–H and O–H groups in total. The summed E-state index contributed by atoms with van der Waals surface area (Å²) in [7, 11) is 0.0311. The molecule has 0 radical (unpaired) electrons. The fourth-order valence-electron chi connectivity index (χ4n) is 8.05. The van der Waals surface area contributed by atoms with E-state index < -0.39 is 27.3 Å². The third-order valence-corrected chi connectivity index (χ3v) is 13.3. The molecule has 1 fully saturated rings. The van der Waals surface area contributed by atoms with Gasteiger partial charge >= 0.3 is 0 Å². The summed E-state index contributed by atoms with van der Waals surface area (Å²) in [5.41, 5.74) is 3.35. The monoisotopic (exact) mass is 643 g/mol. The number of ether oxygens (including phenoxy) is 1. The molecule has 7 atom stereocenters. The highest BCUT2D eigenvalue weighted by atomic mass is 35.5. The Kier molecular flexibility index (Phi) is 8.72. The number of nitrogens with zero attached hydrogens (tertiary/aromatic N) is 2. The molecule has 6 rings (SSSR count). The quantitative estimate of drug-likeness (QED) is 0.451. The fraction of sp³-hybridized carbons (Fsp3) is 0.618. The minimum Gasteiger partial charge on any atom is -0.490 e. The zero-order chi connectivity index (χ0) is 31.4. The van der Waals surface area contributed by atoms with Crippen molar-refractivity contribution < 1.29 is 23.1 Å². The van der Waals surface area contributed by atoms with Crippen molar-refractivity contribution in [2.24, 2.45) is 17.8 Å². The second-order valence-electron chi connectivity index (χ2n) is 14.1. The number of rotatable bonds is 1. The van der Waals surface area contributed by atoms with Crippen LogP contribution >= 0.6 is 11.6 Å². The normalized spacial score (nSPS) is 33.8. The molecule has 0 saturated heterocycles. The van der Waals surface area contributed by atoms with Gasteiger partial charge in [-0.3, -0.25) is 4.79 Å². The first-order valence-corrected chi connectivity index (χ1v) is 18.0. The molecule has 2 aromatic carbocycles. The van der Waals surface area contributed by atoms with E-state index in [9.17, 15) is 18.3 Å². The van der Waals surface area contributed by atoms with Gasteiger partial charge in [0.05, 0.1) is 23.6 Å². The predicted octanol–water partition coefficient (Wildman–Crippen LogP) is 5.01. The number of aryl methyl sites for hydroxylation is 1. The summed E-state index contributed by atoms with van der Waals surface area (Å²) in [6.07, 6.45) is 5.68. The van der Waals surface area contributed by atoms with Crippen molar-refractivity contribution in [2.75, 3.05) is 38.7 Å². The highest BCUT2D eigenvalue weighted by Crippen LogP contribution is 2.47. The summed E-state index contributed by atoms with van der Waals surface area (Å²) in [5.74, 6) is 0.303. The highest BCUT2D eigenvalue weighted by molar-refractivity contribution is 7.90. The molecule has 1 saturated carbocycles. The van der Waals surface area contributed by atoms with Crippen LogP contribution in [0.3, 0.4) is 0 Å². The molecule has 2 aliphatic heterocycles. The minimum atomic E-state index is -3.94. The maximum absolute atomic E-state index is 13.5. The van der Waals surface area contributed by atoms with Crippen molar-refractivity contribution in [3.63, 3.8) is 0 Å². The standard InChI is InChI=1S/C34H46ClN3O5S/c1-21-14-27(37(3)4)17-31(39)28-10-7-25(28)18-38-19-34(13-5-6-23-15-26(35)9-11-29(23)34)20-43-32-12-8-24(16-30(32)38)33(40)36-44(41,42)22(21)2/h8-9,11-12,15-16,21-22,25,27-28,31,39H,5-7,10,13-14,17-20H2,1-4H3,(H,36,40)/t21-,22+,25-,27+,28+,31+,34-/m0/s1. The number of sulfonamides is 1. The molecule has 8 nitrogen and oxygen atoms in total. The number of aliphatic hydroxyl groups excluding tert-OH is 1. The van der Waals surface area contributed by atoms with Gasteiger partial charge in [0.1, 0.15) is 5.75 Å². The van der Waals surface area contributed by atoms with Crippen LogP contribution in [0, 0.1) is 17.8 Å². The number of carbonyl (C=O) groups excluding carboxylic acids is 1. The molecule has 0 aromatic heterocycles. The van der Waals surface area contributed by atoms with Crippen LogP contribution in [0.15, 0.2) is 36.4 Å². The van der Waals surface area contributed by atoms with E-state index in [1.165, 1.54) is 11.1 Å². The molecule has 44 heavy (non-hydrogen) atoms. The summed E-state index contributed by atoms with van der Waals surface area (Å²) in [5, 5.41) is 11.5. The molecular formula is C34H46ClN3O5S. The van der Waals surface area contributed by atoms with E-state index in [1.54, 1.807) is 25.1 Å². The maximum Gasteiger partial charge on any atom is 0.264 e. The highest BCUT2D eigenvalue weighted by Gasteiger charge is 2.45. The molecule has 1 amide bonds. The van der Waals surface area contributed by atoms with Gasteiger partial charge in [-0.1, -0.05) is 24.6 Å². The number of fused-ring (bicyclic) bond motifs is 4. The van der Waals surface area contributed by atoms with E-state index in [0.717, 1.165) is 49.4 Å². The van der Waals surface area contributed by atoms with Gasteiger partial charge < -0.3 is 19.6 Å². The number of hydrogen-bond acceptors (Lipinski definition) is 7. The fourth-order valence-corrected chi connectivity index (χ4v) is 9.53. The van der Waals surface area contributed by atoms with Crippen LogP contribution in [-0.2, 0) is 21.9 Å². The lowest BCUT2D eigenvalue weighted by atomic mass is 9.67. The van der Waals surface area contributed by atoms with Crippen molar-refractivity contribution >= 4 is 33.2 Å². The number of benzene rings is 2. The SMILES string of the molecule is C[C@@H]1[C@@H](C)C[C@@H](N(C)C)C[C@@H](O)[C@@H]2CC[C@H]2CN2C[C@@]3(CCCc4cc(Cl)ccc43)COc3ccc(cc32)C(=O)NS1(=O)=O. The van der Waals surface area contributed by atoms with Crippen LogP contribution in [0.25, 0.3) is 0 Å². The van der Waals surface area contributed by atoms with Crippen molar-refractivity contribution in [3.05, 3.63) is 58.1 Å². The first kappa shape index (κ1) is 31.6. The van der Waals surface area contributed by atoms with Crippen molar-refractivity contribution in [2.45, 2.75) is 81.6 Å². The lowest BCUT2D eigenvalue weighted by Crippen LogP contribution is -2.50. The second kappa shape index (κ2) is 12.1. The Morgan fingerprint density at radius 2 is 1.91 bits per heavy atom. The molecule has 2 heterocycles. The lowest BCUT2D eigenvalue weighted by molar-refractivity contribution is -0.00542. The smallest absolute Gasteiger partial charge is 0.264 e. The predicted molar refractivity (Wildman–Crippen MR) is 174 cm³/mol. The molecule has 2 aromatic rings. The van der Waals surface area contributed by atoms with Gasteiger partial charge in [0.15, 0.2) is 0 Å². The van der Waals surface area contributed by atoms with Crippen LogP contribution in [0.4, 0.5) is 5.69 Å². The Labute approximate surface area is 267 Å². The summed E-state index contributed by atoms with van der Waals surface area (Å²) in [6, 6.07) is 11.5. The number of amides is 1. The van der Waals surface area contributed by atoms with E-state index in [-0.39, 0.29) is 28.9 Å². The van der Waals surface area contributed by atoms with Crippen LogP contribution in [0.5, 0.6) is 5.75 Å². The van der Waals surface area contributed by atoms with Crippen LogP contribution in [-0.4, -0.2) is 75.5 Å². The van der Waals surface area contributed by atoms with Gasteiger partial charge in [0.25, 0.3) is 5.91 Å². The van der Waals surface area contributed by atoms with Crippen molar-refractivity contribution in [1.82, 2.24) is 9.62 Å². The van der Waals surface area contributed by atoms with Crippen molar-refractivity contribution in [3.8, 4) is 5.75 Å². The molecule has 0 unspecified atom stereocenters. The summed E-state index contributed by atoms with van der Waals surface area (Å²) in [6.45, 7) is 5.51. The Balaban J connectivity index is 1.42. The third kappa shape index (κ3) is 5.97. The van der Waals surface area contributed by atoms with Crippen LogP contribution in [0.2, 0.25) is 5.02 Å². The molecule has 4 aliphatic rings. The Morgan fingerprint density at radius 3 is 2.64 bits per heavy atom. The summed E-state index contributed by atoms with van der Waals surface area (Å²) < 4.78 is 35.8. The van der Waals surface area contributed by atoms with Gasteiger partial charge in [0, 0.05) is 35.1 Å². The zero-order valence-electron chi connectivity index (χ0n) is 26.3. The first-order valence-electron chi connectivity index (χ1n) is 16.1.